The number of alkyl halides is 3. The zero-order valence-corrected chi connectivity index (χ0v) is 13.9. The molecule has 0 spiro atoms. The maximum atomic E-state index is 13.2. The summed E-state index contributed by atoms with van der Waals surface area (Å²) in [5, 5.41) is 14.0. The van der Waals surface area contributed by atoms with Crippen LogP contribution in [0.5, 0.6) is 0 Å². The Morgan fingerprint density at radius 3 is 2.89 bits per heavy atom. The molecule has 0 radical (unpaired) electrons. The predicted molar refractivity (Wildman–Crippen MR) is 89.4 cm³/mol. The van der Waals surface area contributed by atoms with Crippen molar-refractivity contribution in [2.24, 2.45) is 0 Å². The average molecular weight is 377 g/mol. The molecule has 4 rings (SSSR count). The Bertz CT molecular complexity index is 973. The van der Waals surface area contributed by atoms with Crippen LogP contribution in [0.3, 0.4) is 0 Å². The van der Waals surface area contributed by atoms with E-state index in [0.29, 0.717) is 6.42 Å². The molecule has 0 aromatic carbocycles. The minimum Gasteiger partial charge on any atom is -0.344 e. The first kappa shape index (κ1) is 17.2. The van der Waals surface area contributed by atoms with Crippen LogP contribution >= 0.6 is 0 Å². The van der Waals surface area contributed by atoms with Gasteiger partial charge in [0.25, 0.3) is 5.91 Å². The Kier molecular flexibility index (Phi) is 4.13. The van der Waals surface area contributed by atoms with Crippen LogP contribution in [0.25, 0.3) is 5.65 Å². The van der Waals surface area contributed by atoms with Gasteiger partial charge in [-0.2, -0.15) is 23.4 Å². The lowest BCUT2D eigenvalue weighted by molar-refractivity contribution is -0.146. The molecular formula is C16H14F3N7O. The number of anilines is 2. The molecule has 1 aliphatic heterocycles. The molecule has 1 atom stereocenters. The fourth-order valence-electron chi connectivity index (χ4n) is 3.11. The molecule has 1 amide bonds. The highest BCUT2D eigenvalue weighted by Crippen LogP contribution is 2.35. The molecule has 1 saturated heterocycles. The van der Waals surface area contributed by atoms with Gasteiger partial charge in [0.1, 0.15) is 17.4 Å². The van der Waals surface area contributed by atoms with E-state index in [2.05, 4.69) is 25.6 Å². The molecule has 0 unspecified atom stereocenters. The first-order valence-corrected chi connectivity index (χ1v) is 8.20. The van der Waals surface area contributed by atoms with Gasteiger partial charge in [-0.05, 0) is 31.0 Å². The van der Waals surface area contributed by atoms with Gasteiger partial charge in [-0.15, -0.1) is 5.10 Å². The first-order valence-electron chi connectivity index (χ1n) is 8.20. The molecule has 1 fully saturated rings. The lowest BCUT2D eigenvalue weighted by Gasteiger charge is -2.27. The fraction of sp³-hybridized carbons (Fsp3) is 0.312. The second-order valence-electron chi connectivity index (χ2n) is 6.07. The van der Waals surface area contributed by atoms with Gasteiger partial charge in [-0.25, -0.2) is 9.50 Å². The summed E-state index contributed by atoms with van der Waals surface area (Å²) >= 11 is 0. The third kappa shape index (κ3) is 3.27. The molecule has 140 valence electrons. The Morgan fingerprint density at radius 1 is 1.30 bits per heavy atom. The standard InChI is InChI=1S/C16H14F3N7O/c17-16(18,19)11-3-2-7-25(11)13-5-8-26-14(23-13)10(9-21-26)15(27)22-12-4-1-6-20-24-12/h1,4-6,8-9,11H,2-3,7H2,(H,22,24,27)/t11-/m1/s1. The number of hydrogen-bond acceptors (Lipinski definition) is 6. The van der Waals surface area contributed by atoms with Crippen molar-refractivity contribution in [3.8, 4) is 0 Å². The van der Waals surface area contributed by atoms with E-state index in [1.54, 1.807) is 12.1 Å². The summed E-state index contributed by atoms with van der Waals surface area (Å²) in [6.07, 6.45) is 0.375. The highest BCUT2D eigenvalue weighted by atomic mass is 19.4. The van der Waals surface area contributed by atoms with E-state index in [9.17, 15) is 18.0 Å². The number of rotatable bonds is 3. The number of carbonyl (C=O) groups excluding carboxylic acids is 1. The molecule has 1 aliphatic rings. The van der Waals surface area contributed by atoms with Gasteiger partial charge in [0.15, 0.2) is 11.5 Å². The third-order valence-electron chi connectivity index (χ3n) is 4.34. The van der Waals surface area contributed by atoms with Gasteiger partial charge >= 0.3 is 6.18 Å². The molecule has 0 saturated carbocycles. The zero-order valence-electron chi connectivity index (χ0n) is 13.9. The van der Waals surface area contributed by atoms with Crippen LogP contribution in [0.4, 0.5) is 24.8 Å². The number of fused-ring (bicyclic) bond motifs is 1. The van der Waals surface area contributed by atoms with Crippen LogP contribution in [-0.4, -0.2) is 49.5 Å². The lowest BCUT2D eigenvalue weighted by Crippen LogP contribution is -2.41. The van der Waals surface area contributed by atoms with Gasteiger partial charge in [-0.3, -0.25) is 4.79 Å². The monoisotopic (exact) mass is 377 g/mol. The number of aromatic nitrogens is 5. The Labute approximate surface area is 151 Å². The molecule has 3 aromatic rings. The quantitative estimate of drug-likeness (QED) is 0.754. The second-order valence-corrected chi connectivity index (χ2v) is 6.07. The maximum Gasteiger partial charge on any atom is 0.408 e. The van der Waals surface area contributed by atoms with Gasteiger partial charge < -0.3 is 10.2 Å². The minimum atomic E-state index is -4.34. The van der Waals surface area contributed by atoms with Crippen molar-refractivity contribution in [2.45, 2.75) is 25.1 Å². The second kappa shape index (κ2) is 6.49. The lowest BCUT2D eigenvalue weighted by atomic mass is 10.2. The van der Waals surface area contributed by atoms with Crippen molar-refractivity contribution >= 4 is 23.2 Å². The number of carbonyl (C=O) groups is 1. The van der Waals surface area contributed by atoms with Crippen LogP contribution < -0.4 is 10.2 Å². The molecule has 11 heteroatoms. The largest absolute Gasteiger partial charge is 0.408 e. The molecule has 3 aromatic heterocycles. The van der Waals surface area contributed by atoms with E-state index in [4.69, 9.17) is 0 Å². The first-order chi connectivity index (χ1) is 12.9. The van der Waals surface area contributed by atoms with E-state index in [1.165, 1.54) is 34.1 Å². The molecule has 27 heavy (non-hydrogen) atoms. The molecule has 0 aliphatic carbocycles. The SMILES string of the molecule is O=C(Nc1cccnn1)c1cnn2ccc(N3CCC[C@@H]3C(F)(F)F)nc12. The van der Waals surface area contributed by atoms with E-state index >= 15 is 0 Å². The number of hydrogen-bond donors (Lipinski definition) is 1. The van der Waals surface area contributed by atoms with Crippen molar-refractivity contribution in [1.29, 1.82) is 0 Å². The Morgan fingerprint density at radius 2 is 2.15 bits per heavy atom. The number of amides is 1. The summed E-state index contributed by atoms with van der Waals surface area (Å²) in [6, 6.07) is 3.06. The van der Waals surface area contributed by atoms with Crippen molar-refractivity contribution in [2.75, 3.05) is 16.8 Å². The summed E-state index contributed by atoms with van der Waals surface area (Å²) < 4.78 is 41.0. The Balaban J connectivity index is 1.66. The van der Waals surface area contributed by atoms with Crippen LogP contribution in [-0.2, 0) is 0 Å². The van der Waals surface area contributed by atoms with E-state index in [1.807, 2.05) is 0 Å². The highest BCUT2D eigenvalue weighted by molar-refractivity contribution is 6.07. The number of halogens is 3. The molecule has 0 bridgehead atoms. The smallest absolute Gasteiger partial charge is 0.344 e. The number of nitrogens with one attached hydrogen (secondary N) is 1. The number of nitrogens with zero attached hydrogens (tertiary/aromatic N) is 6. The Hall–Kier alpha value is -3.24. The molecule has 8 nitrogen and oxygen atoms in total. The zero-order chi connectivity index (χ0) is 19.0. The predicted octanol–water partition coefficient (Wildman–Crippen LogP) is 2.30. The van der Waals surface area contributed by atoms with Crippen molar-refractivity contribution in [3.63, 3.8) is 0 Å². The van der Waals surface area contributed by atoms with Crippen LogP contribution in [0.2, 0.25) is 0 Å². The molecule has 4 heterocycles. The van der Waals surface area contributed by atoms with Gasteiger partial charge in [-0.1, -0.05) is 0 Å². The van der Waals surface area contributed by atoms with Crippen LogP contribution in [0.1, 0.15) is 23.2 Å². The third-order valence-corrected chi connectivity index (χ3v) is 4.34. The summed E-state index contributed by atoms with van der Waals surface area (Å²) in [5.74, 6) is -0.116. The molecular weight excluding hydrogens is 363 g/mol. The van der Waals surface area contributed by atoms with Crippen molar-refractivity contribution < 1.29 is 18.0 Å². The minimum absolute atomic E-state index is 0.0235. The van der Waals surface area contributed by atoms with Gasteiger partial charge in [0.2, 0.25) is 0 Å². The van der Waals surface area contributed by atoms with E-state index in [-0.39, 0.29) is 35.8 Å². The van der Waals surface area contributed by atoms with Crippen LogP contribution in [0, 0.1) is 0 Å². The summed E-state index contributed by atoms with van der Waals surface area (Å²) in [4.78, 5) is 18.0. The highest BCUT2D eigenvalue weighted by Gasteiger charge is 2.46. The van der Waals surface area contributed by atoms with E-state index in [0.717, 1.165) is 0 Å². The normalized spacial score (nSPS) is 17.4. The van der Waals surface area contributed by atoms with Crippen LogP contribution in [0.15, 0.2) is 36.8 Å². The summed E-state index contributed by atoms with van der Waals surface area (Å²) in [5.41, 5.74) is 0.298. The maximum absolute atomic E-state index is 13.2. The van der Waals surface area contributed by atoms with Gasteiger partial charge in [0, 0.05) is 18.9 Å². The fourth-order valence-corrected chi connectivity index (χ4v) is 3.11. The topological polar surface area (TPSA) is 88.3 Å². The van der Waals surface area contributed by atoms with Crippen molar-refractivity contribution in [1.82, 2.24) is 24.8 Å². The van der Waals surface area contributed by atoms with Gasteiger partial charge in [0.05, 0.1) is 6.20 Å². The summed E-state index contributed by atoms with van der Waals surface area (Å²) in [7, 11) is 0. The average Bonchev–Trinajstić information content (AvgIpc) is 3.29. The summed E-state index contributed by atoms with van der Waals surface area (Å²) in [6.45, 7) is 0.253. The molecule has 1 N–H and O–H groups in total. The van der Waals surface area contributed by atoms with Crippen molar-refractivity contribution in [3.05, 3.63) is 42.4 Å². The van der Waals surface area contributed by atoms with E-state index < -0.39 is 18.1 Å².